The maximum Gasteiger partial charge on any atom is 0.415 e. The highest BCUT2D eigenvalue weighted by molar-refractivity contribution is 5.95. The summed E-state index contributed by atoms with van der Waals surface area (Å²) in [6, 6.07) is 0. The molecule has 2 amide bonds. The first-order valence-electron chi connectivity index (χ1n) is 15.4. The van der Waals surface area contributed by atoms with E-state index in [-0.39, 0.29) is 48.7 Å². The first-order chi connectivity index (χ1) is 22.8. The molecule has 2 aliphatic heterocycles. The summed E-state index contributed by atoms with van der Waals surface area (Å²) in [5.41, 5.74) is -0.371. The Morgan fingerprint density at radius 2 is 1.33 bits per heavy atom. The number of anilines is 2. The van der Waals surface area contributed by atoms with Crippen LogP contribution in [-0.2, 0) is 38.0 Å². The third-order valence-electron chi connectivity index (χ3n) is 8.87. The van der Waals surface area contributed by atoms with Crippen molar-refractivity contribution in [1.82, 2.24) is 19.1 Å². The van der Waals surface area contributed by atoms with Crippen LogP contribution in [0.25, 0.3) is 0 Å². The molecule has 0 bridgehead atoms. The number of hydrogen-bond acceptors (Lipinski definition) is 13. The van der Waals surface area contributed by atoms with Gasteiger partial charge in [-0.3, -0.25) is 23.7 Å². The molecule has 17 heteroatoms. The molecule has 8 atom stereocenters. The van der Waals surface area contributed by atoms with Crippen molar-refractivity contribution >= 4 is 29.9 Å². The minimum atomic E-state index is -0.931. The molecule has 264 valence electrons. The van der Waals surface area contributed by atoms with Gasteiger partial charge in [-0.05, 0) is 13.8 Å². The number of hydrogen-bond donors (Lipinski definition) is 0. The van der Waals surface area contributed by atoms with Crippen molar-refractivity contribution in [3.8, 4) is 0 Å². The number of amides is 2. The topological polar surface area (TPSA) is 183 Å². The molecule has 2 aromatic rings. The first-order valence-corrected chi connectivity index (χ1v) is 15.4. The first kappa shape index (κ1) is 36.8. The Labute approximate surface area is 277 Å². The number of nitrogens with zero attached hydrogens (tertiary/aromatic N) is 6. The average Bonchev–Trinajstić information content (AvgIpc) is 3.54. The molecule has 0 saturated carbocycles. The molecule has 0 N–H and O–H groups in total. The highest BCUT2D eigenvalue weighted by Crippen LogP contribution is 2.37. The lowest BCUT2D eigenvalue weighted by Gasteiger charge is -2.23. The summed E-state index contributed by atoms with van der Waals surface area (Å²) in [4.78, 5) is 73.6. The maximum absolute atomic E-state index is 13.1. The maximum atomic E-state index is 13.1. The van der Waals surface area contributed by atoms with E-state index in [9.17, 15) is 24.0 Å². The van der Waals surface area contributed by atoms with Gasteiger partial charge >= 0.3 is 17.5 Å². The number of carbonyl (C=O) groups excluding carboxylic acids is 3. The van der Waals surface area contributed by atoms with E-state index in [4.69, 9.17) is 28.4 Å². The van der Waals surface area contributed by atoms with E-state index < -0.39 is 54.7 Å². The molecule has 8 unspecified atom stereocenters. The average molecular weight is 677 g/mol. The molecule has 4 heterocycles. The number of methoxy groups -OCH3 is 3. The van der Waals surface area contributed by atoms with Crippen molar-refractivity contribution < 1.29 is 42.8 Å². The van der Waals surface area contributed by atoms with E-state index >= 15 is 0 Å². The molecule has 0 aliphatic carbocycles. The standard InChI is InChI=1S/C31H44N6O11/c1-16-12-36(27-18(3)23(44-8)20(47-27)10-11-38)29(40)32-25(16)34(5)22(39)15-46-31(42)35(6)26-17(2)13-37(30(41)33-26)28-19(4)24(45-9)21(48-28)14-43-7/h11-13,18-21,23-24,27-28H,10,14-15H2,1-9H3. The van der Waals surface area contributed by atoms with Gasteiger partial charge in [0.1, 0.15) is 36.5 Å². The van der Waals surface area contributed by atoms with Crippen molar-refractivity contribution in [1.29, 1.82) is 0 Å². The molecule has 2 aliphatic rings. The van der Waals surface area contributed by atoms with Crippen molar-refractivity contribution in [2.75, 3.05) is 58.4 Å². The van der Waals surface area contributed by atoms with Crippen LogP contribution in [0.4, 0.5) is 16.4 Å². The van der Waals surface area contributed by atoms with Crippen LogP contribution in [0.15, 0.2) is 22.0 Å². The molecule has 4 rings (SSSR count). The van der Waals surface area contributed by atoms with Crippen molar-refractivity contribution in [3.63, 3.8) is 0 Å². The Morgan fingerprint density at radius 3 is 1.81 bits per heavy atom. The summed E-state index contributed by atoms with van der Waals surface area (Å²) in [5.74, 6) is -1.01. The van der Waals surface area contributed by atoms with Gasteiger partial charge in [0.2, 0.25) is 0 Å². The van der Waals surface area contributed by atoms with Gasteiger partial charge in [0, 0.05) is 77.2 Å². The Kier molecular flexibility index (Phi) is 11.9. The fourth-order valence-corrected chi connectivity index (χ4v) is 6.40. The van der Waals surface area contributed by atoms with Gasteiger partial charge in [-0.15, -0.1) is 0 Å². The lowest BCUT2D eigenvalue weighted by molar-refractivity contribution is -0.121. The Hall–Kier alpha value is -4.03. The Balaban J connectivity index is 1.42. The van der Waals surface area contributed by atoms with Gasteiger partial charge in [-0.2, -0.15) is 9.97 Å². The third-order valence-corrected chi connectivity index (χ3v) is 8.87. The number of aromatic nitrogens is 4. The normalized spacial score (nSPS) is 26.8. The van der Waals surface area contributed by atoms with Gasteiger partial charge in [0.25, 0.3) is 5.91 Å². The summed E-state index contributed by atoms with van der Waals surface area (Å²) in [6.45, 7) is 6.69. The number of ether oxygens (including phenoxy) is 6. The van der Waals surface area contributed by atoms with Crippen LogP contribution in [0.1, 0.15) is 43.9 Å². The van der Waals surface area contributed by atoms with Gasteiger partial charge in [0.05, 0.1) is 24.9 Å². The number of likely N-dealkylation sites (N-methyl/N-ethyl adjacent to an activating group) is 1. The third kappa shape index (κ3) is 7.19. The van der Waals surface area contributed by atoms with E-state index in [2.05, 4.69) is 9.97 Å². The molecule has 0 aromatic carbocycles. The number of carbonyl (C=O) groups is 3. The predicted octanol–water partition coefficient (Wildman–Crippen LogP) is 0.985. The van der Waals surface area contributed by atoms with Crippen LogP contribution in [0.3, 0.4) is 0 Å². The van der Waals surface area contributed by atoms with E-state index in [1.54, 1.807) is 34.3 Å². The molecule has 2 aromatic heterocycles. The highest BCUT2D eigenvalue weighted by atomic mass is 16.6. The SMILES string of the molecule is COCC1OC(n2cc(C)c(N(C)C(=O)OCC(=O)N(C)c3nc(=O)n(C4OC(CC=O)C(OC)C4C)cc3C)nc2=O)C(C)C1OC. The molecular weight excluding hydrogens is 632 g/mol. The summed E-state index contributed by atoms with van der Waals surface area (Å²) in [5, 5.41) is 0. The minimum absolute atomic E-state index is 0.0417. The quantitative estimate of drug-likeness (QED) is 0.290. The Morgan fingerprint density at radius 1 is 0.854 bits per heavy atom. The van der Waals surface area contributed by atoms with Crippen LogP contribution in [-0.4, -0.2) is 110 Å². The van der Waals surface area contributed by atoms with Crippen molar-refractivity contribution in [3.05, 3.63) is 44.5 Å². The summed E-state index contributed by atoms with van der Waals surface area (Å²) in [7, 11) is 7.40. The summed E-state index contributed by atoms with van der Waals surface area (Å²) >= 11 is 0. The number of rotatable bonds is 12. The van der Waals surface area contributed by atoms with E-state index in [1.807, 2.05) is 13.8 Å². The second kappa shape index (κ2) is 15.5. The molecular formula is C31H44N6O11. The lowest BCUT2D eigenvalue weighted by atomic mass is 10.0. The van der Waals surface area contributed by atoms with Crippen LogP contribution in [0.2, 0.25) is 0 Å². The second-order valence-corrected chi connectivity index (χ2v) is 12.0. The largest absolute Gasteiger partial charge is 0.439 e. The van der Waals surface area contributed by atoms with Gasteiger partial charge < -0.3 is 33.2 Å². The minimum Gasteiger partial charge on any atom is -0.439 e. The van der Waals surface area contributed by atoms with E-state index in [0.717, 1.165) is 16.1 Å². The summed E-state index contributed by atoms with van der Waals surface area (Å²) in [6.07, 6.45) is -0.0129. The van der Waals surface area contributed by atoms with Gasteiger partial charge in [-0.25, -0.2) is 14.4 Å². The zero-order valence-electron chi connectivity index (χ0n) is 28.6. The van der Waals surface area contributed by atoms with Crippen LogP contribution in [0, 0.1) is 25.7 Å². The van der Waals surface area contributed by atoms with E-state index in [1.165, 1.54) is 36.5 Å². The van der Waals surface area contributed by atoms with Crippen LogP contribution in [0.5, 0.6) is 0 Å². The zero-order valence-corrected chi connectivity index (χ0v) is 28.6. The van der Waals surface area contributed by atoms with Crippen molar-refractivity contribution in [2.45, 2.75) is 71.0 Å². The van der Waals surface area contributed by atoms with Crippen LogP contribution < -0.4 is 21.2 Å². The molecule has 2 saturated heterocycles. The lowest BCUT2D eigenvalue weighted by Crippen LogP contribution is -2.39. The molecule has 0 spiro atoms. The monoisotopic (exact) mass is 676 g/mol. The second-order valence-electron chi connectivity index (χ2n) is 12.0. The highest BCUT2D eigenvalue weighted by Gasteiger charge is 2.45. The fourth-order valence-electron chi connectivity index (χ4n) is 6.40. The fraction of sp³-hybridized carbons (Fsp3) is 0.645. The molecule has 17 nitrogen and oxygen atoms in total. The zero-order chi connectivity index (χ0) is 35.4. The molecule has 48 heavy (non-hydrogen) atoms. The predicted molar refractivity (Wildman–Crippen MR) is 170 cm³/mol. The molecule has 2 fully saturated rings. The van der Waals surface area contributed by atoms with Gasteiger partial charge in [0.15, 0.2) is 6.61 Å². The van der Waals surface area contributed by atoms with Gasteiger partial charge in [-0.1, -0.05) is 13.8 Å². The summed E-state index contributed by atoms with van der Waals surface area (Å²) < 4.78 is 36.2. The Bertz CT molecular complexity index is 1610. The number of aryl methyl sites for hydroxylation is 2. The number of aldehydes is 1. The smallest absolute Gasteiger partial charge is 0.415 e. The van der Waals surface area contributed by atoms with E-state index in [0.29, 0.717) is 11.1 Å². The van der Waals surface area contributed by atoms with Crippen molar-refractivity contribution in [2.24, 2.45) is 11.8 Å². The molecule has 0 radical (unpaired) electrons. The van der Waals surface area contributed by atoms with Crippen LogP contribution >= 0.6 is 0 Å².